The van der Waals surface area contributed by atoms with E-state index in [4.69, 9.17) is 0 Å². The second kappa shape index (κ2) is 9.78. The first-order chi connectivity index (χ1) is 17.3. The highest BCUT2D eigenvalue weighted by Gasteiger charge is 2.20. The second-order valence-electron chi connectivity index (χ2n) is 8.04. The molecule has 192 valence electrons. The van der Waals surface area contributed by atoms with Crippen molar-refractivity contribution in [1.29, 1.82) is 0 Å². The van der Waals surface area contributed by atoms with E-state index >= 15 is 0 Å². The van der Waals surface area contributed by atoms with Gasteiger partial charge in [-0.2, -0.15) is 23.8 Å². The highest BCUT2D eigenvalue weighted by atomic mass is 32.2. The summed E-state index contributed by atoms with van der Waals surface area (Å²) >= 11 is 0. The average molecular weight is 542 g/mol. The second-order valence-corrected chi connectivity index (χ2v) is 10.8. The summed E-state index contributed by atoms with van der Waals surface area (Å²) in [6.07, 6.45) is 0. The number of nitrogens with zero attached hydrogens (tertiary/aromatic N) is 4. The molecule has 0 fully saturated rings. The number of fused-ring (bicyclic) bond motifs is 1. The summed E-state index contributed by atoms with van der Waals surface area (Å²) in [6.45, 7) is 3.65. The first kappa shape index (κ1) is 26.0. The van der Waals surface area contributed by atoms with Gasteiger partial charge in [-0.3, -0.25) is 4.55 Å². The van der Waals surface area contributed by atoms with Crippen LogP contribution >= 0.6 is 0 Å². The Kier molecular flexibility index (Phi) is 6.88. The molecule has 0 atom stereocenters. The van der Waals surface area contributed by atoms with Crippen LogP contribution in [0.2, 0.25) is 0 Å². The van der Waals surface area contributed by atoms with Crippen molar-refractivity contribution < 1.29 is 32.5 Å². The maximum atomic E-state index is 11.9. The van der Waals surface area contributed by atoms with Gasteiger partial charge in [0.25, 0.3) is 10.1 Å². The molecule has 4 aromatic rings. The molecule has 0 heterocycles. The van der Waals surface area contributed by atoms with Crippen molar-refractivity contribution in [1.82, 2.24) is 0 Å². The fourth-order valence-corrected chi connectivity index (χ4v) is 4.88. The van der Waals surface area contributed by atoms with Crippen molar-refractivity contribution in [3.63, 3.8) is 0 Å². The van der Waals surface area contributed by atoms with Crippen LogP contribution in [0.1, 0.15) is 12.6 Å². The van der Waals surface area contributed by atoms with Crippen molar-refractivity contribution >= 4 is 53.8 Å². The number of aryl methyl sites for hydroxylation is 2. The minimum absolute atomic E-state index is 0. The van der Waals surface area contributed by atoms with Gasteiger partial charge >= 0.3 is 0 Å². The monoisotopic (exact) mass is 541 g/mol. The van der Waals surface area contributed by atoms with Crippen molar-refractivity contribution in [3.8, 4) is 5.75 Å². The third-order valence-corrected chi connectivity index (χ3v) is 7.09. The molecule has 0 bridgehead atoms. The number of hydrogen-bond acceptors (Lipinski definition) is 10. The predicted octanol–water partition coefficient (Wildman–Crippen LogP) is 6.39. The Labute approximate surface area is 213 Å². The molecule has 4 aromatic carbocycles. The standard InChI is InChI=1S/C24H20N4O7S2.H2/c1-14-5-3-4-6-19(14)26-25-17-8-9-20(15(2)11-17)27-28-24-21(29)10-7-16-12-18(36(30,31)32)13-22(23(16)24)37(33,34)35;/h3-13,29H,1-2H3,(H,30,31,32)(H,33,34,35);1H/p-1. The van der Waals surface area contributed by atoms with Gasteiger partial charge in [0.15, 0.2) is 0 Å². The van der Waals surface area contributed by atoms with Crippen LogP contribution in [-0.4, -0.2) is 31.0 Å². The van der Waals surface area contributed by atoms with Crippen LogP contribution in [0, 0.1) is 13.8 Å². The summed E-state index contributed by atoms with van der Waals surface area (Å²) in [7, 11) is -10.1. The Morgan fingerprint density at radius 1 is 0.784 bits per heavy atom. The Morgan fingerprint density at radius 3 is 2.11 bits per heavy atom. The average Bonchev–Trinajstić information content (AvgIpc) is 2.82. The summed E-state index contributed by atoms with van der Waals surface area (Å²) < 4.78 is 68.3. The summed E-state index contributed by atoms with van der Waals surface area (Å²) in [5.74, 6) is -0.498. The molecule has 0 radical (unpaired) electrons. The van der Waals surface area contributed by atoms with Crippen molar-refractivity contribution in [2.45, 2.75) is 23.6 Å². The minimum atomic E-state index is -5.24. The molecular formula is C24H21N4O7S2-. The molecular weight excluding hydrogens is 520 g/mol. The Bertz CT molecular complexity index is 1820. The SMILES string of the molecule is Cc1ccccc1N=Nc1ccc(N=Nc2c(O)ccc3cc(S(=O)(=O)O)cc(S(=O)(=O)[O-])c23)c(C)c1.[HH]. The molecule has 0 aromatic heterocycles. The normalized spacial score (nSPS) is 12.6. The summed E-state index contributed by atoms with van der Waals surface area (Å²) in [4.78, 5) is -1.78. The molecule has 0 amide bonds. The van der Waals surface area contributed by atoms with E-state index in [1.54, 1.807) is 25.1 Å². The van der Waals surface area contributed by atoms with Gasteiger partial charge in [0.05, 0.1) is 26.9 Å². The van der Waals surface area contributed by atoms with E-state index < -0.39 is 35.8 Å². The van der Waals surface area contributed by atoms with E-state index in [1.165, 1.54) is 6.07 Å². The van der Waals surface area contributed by atoms with Crippen LogP contribution in [0.5, 0.6) is 5.75 Å². The Balaban J connectivity index is 0.00000400. The smallest absolute Gasteiger partial charge is 0.294 e. The first-order valence-corrected chi connectivity index (χ1v) is 13.4. The number of phenolic OH excluding ortho intramolecular Hbond substituents is 1. The highest BCUT2D eigenvalue weighted by molar-refractivity contribution is 7.86. The fraction of sp³-hybridized carbons (Fsp3) is 0.0833. The number of rotatable bonds is 6. The maximum Gasteiger partial charge on any atom is 0.294 e. The molecule has 4 rings (SSSR count). The van der Waals surface area contributed by atoms with Crippen LogP contribution in [0.15, 0.2) is 97.0 Å². The first-order valence-electron chi connectivity index (χ1n) is 10.6. The van der Waals surface area contributed by atoms with Crippen molar-refractivity contribution in [3.05, 3.63) is 77.9 Å². The van der Waals surface area contributed by atoms with E-state index in [0.717, 1.165) is 23.4 Å². The largest absolute Gasteiger partial charge is 0.744 e. The molecule has 13 heteroatoms. The molecule has 0 unspecified atom stereocenters. The molecule has 0 aliphatic carbocycles. The van der Waals surface area contributed by atoms with Gasteiger partial charge in [-0.05, 0) is 72.8 Å². The quantitative estimate of drug-likeness (QED) is 0.209. The zero-order valence-corrected chi connectivity index (χ0v) is 21.0. The van der Waals surface area contributed by atoms with Gasteiger partial charge in [0.2, 0.25) is 0 Å². The number of hydrogen-bond donors (Lipinski definition) is 2. The number of phenols is 1. The summed E-state index contributed by atoms with van der Waals surface area (Å²) in [6, 6.07) is 16.2. The molecule has 2 N–H and O–H groups in total. The van der Waals surface area contributed by atoms with E-state index in [-0.39, 0.29) is 17.9 Å². The van der Waals surface area contributed by atoms with Crippen LogP contribution in [-0.2, 0) is 20.2 Å². The third kappa shape index (κ3) is 5.70. The van der Waals surface area contributed by atoms with Gasteiger partial charge in [-0.15, -0.1) is 5.11 Å². The molecule has 0 saturated carbocycles. The molecule has 0 aliphatic heterocycles. The third-order valence-electron chi connectivity index (χ3n) is 5.40. The van der Waals surface area contributed by atoms with E-state index in [9.17, 15) is 31.0 Å². The van der Waals surface area contributed by atoms with E-state index in [1.807, 2.05) is 31.2 Å². The molecule has 37 heavy (non-hydrogen) atoms. The lowest BCUT2D eigenvalue weighted by Gasteiger charge is -2.14. The van der Waals surface area contributed by atoms with Gasteiger partial charge in [0.1, 0.15) is 21.6 Å². The zero-order chi connectivity index (χ0) is 27.0. The van der Waals surface area contributed by atoms with Gasteiger partial charge in [-0.1, -0.05) is 24.3 Å². The molecule has 11 nitrogen and oxygen atoms in total. The van der Waals surface area contributed by atoms with Crippen LogP contribution in [0.25, 0.3) is 10.8 Å². The predicted molar refractivity (Wildman–Crippen MR) is 136 cm³/mol. The van der Waals surface area contributed by atoms with E-state index in [0.29, 0.717) is 23.0 Å². The van der Waals surface area contributed by atoms with Gasteiger partial charge < -0.3 is 9.66 Å². The lowest BCUT2D eigenvalue weighted by Crippen LogP contribution is -2.04. The number of azo groups is 2. The summed E-state index contributed by atoms with van der Waals surface area (Å²) in [5, 5.41) is 26.5. The van der Waals surface area contributed by atoms with Gasteiger partial charge in [-0.25, -0.2) is 8.42 Å². The van der Waals surface area contributed by atoms with Crippen LogP contribution in [0.3, 0.4) is 0 Å². The molecule has 0 saturated heterocycles. The minimum Gasteiger partial charge on any atom is -0.744 e. The fourth-order valence-electron chi connectivity index (χ4n) is 3.52. The number of benzene rings is 4. The van der Waals surface area contributed by atoms with Gasteiger partial charge in [0, 0.05) is 6.81 Å². The Hall–Kier alpha value is -4.04. The van der Waals surface area contributed by atoms with E-state index in [2.05, 4.69) is 20.5 Å². The number of aromatic hydroxyl groups is 1. The van der Waals surface area contributed by atoms with Crippen molar-refractivity contribution in [2.75, 3.05) is 0 Å². The lowest BCUT2D eigenvalue weighted by atomic mass is 10.1. The maximum absolute atomic E-state index is 11.9. The molecule has 0 aliphatic rings. The zero-order valence-electron chi connectivity index (χ0n) is 19.4. The molecule has 0 spiro atoms. The highest BCUT2D eigenvalue weighted by Crippen LogP contribution is 2.41. The summed E-state index contributed by atoms with van der Waals surface area (Å²) in [5.41, 5.74) is 2.85. The van der Waals surface area contributed by atoms with Crippen LogP contribution < -0.4 is 0 Å². The van der Waals surface area contributed by atoms with Crippen LogP contribution in [0.4, 0.5) is 22.7 Å². The lowest BCUT2D eigenvalue weighted by molar-refractivity contribution is 0.463. The van der Waals surface area contributed by atoms with Crippen molar-refractivity contribution in [2.24, 2.45) is 20.5 Å². The topological polar surface area (TPSA) is 181 Å². The Morgan fingerprint density at radius 2 is 1.46 bits per heavy atom.